The second-order valence-electron chi connectivity index (χ2n) is 7.10. The molecule has 0 fully saturated rings. The van der Waals surface area contributed by atoms with Crippen LogP contribution in [0.1, 0.15) is 32.0 Å². The number of benzene rings is 1. The van der Waals surface area contributed by atoms with Gasteiger partial charge in [0.05, 0.1) is 29.1 Å². The van der Waals surface area contributed by atoms with E-state index >= 15 is 0 Å². The number of ether oxygens (including phenoxy) is 2. The van der Waals surface area contributed by atoms with Gasteiger partial charge in [-0.15, -0.1) is 0 Å². The predicted molar refractivity (Wildman–Crippen MR) is 110 cm³/mol. The topological polar surface area (TPSA) is 56.6 Å². The van der Waals surface area contributed by atoms with Crippen LogP contribution in [0.4, 0.5) is 4.79 Å². The molecule has 0 N–H and O–H groups in total. The molecule has 0 bridgehead atoms. The van der Waals surface area contributed by atoms with E-state index in [2.05, 4.69) is 27.7 Å². The van der Waals surface area contributed by atoms with E-state index in [0.717, 1.165) is 20.6 Å². The van der Waals surface area contributed by atoms with Gasteiger partial charge in [0.15, 0.2) is 0 Å². The van der Waals surface area contributed by atoms with Crippen LogP contribution in [0, 0.1) is 3.57 Å². The van der Waals surface area contributed by atoms with Gasteiger partial charge in [0.25, 0.3) is 0 Å². The second kappa shape index (κ2) is 8.75. The van der Waals surface area contributed by atoms with Crippen molar-refractivity contribution in [3.05, 3.63) is 45.3 Å². The lowest BCUT2D eigenvalue weighted by Crippen LogP contribution is -2.35. The van der Waals surface area contributed by atoms with Crippen LogP contribution in [-0.2, 0) is 17.7 Å². The fourth-order valence-electron chi connectivity index (χ4n) is 2.38. The lowest BCUT2D eigenvalue weighted by atomic mass is 10.2. The molecule has 2 rings (SSSR count). The molecular weight excluding hydrogens is 445 g/mol. The fraction of sp³-hybridized carbons (Fsp3) is 0.474. The maximum absolute atomic E-state index is 12.1. The molecule has 7 heteroatoms. The van der Waals surface area contributed by atoms with E-state index < -0.39 is 5.60 Å². The van der Waals surface area contributed by atoms with E-state index in [-0.39, 0.29) is 6.09 Å². The van der Waals surface area contributed by atoms with Crippen LogP contribution in [-0.4, -0.2) is 47.1 Å². The van der Waals surface area contributed by atoms with Crippen molar-refractivity contribution in [3.63, 3.8) is 0 Å². The second-order valence-corrected chi connectivity index (χ2v) is 8.26. The first-order valence-corrected chi connectivity index (χ1v) is 9.54. The highest BCUT2D eigenvalue weighted by Crippen LogP contribution is 2.17. The fourth-order valence-corrected chi connectivity index (χ4v) is 3.05. The minimum Gasteiger partial charge on any atom is -0.497 e. The molecular formula is C19H26IN3O3. The lowest BCUT2D eigenvalue weighted by molar-refractivity contribution is 0.0300. The third-order valence-electron chi connectivity index (χ3n) is 3.78. The molecule has 0 radical (unpaired) electrons. The van der Waals surface area contributed by atoms with Gasteiger partial charge in [0, 0.05) is 20.0 Å². The van der Waals surface area contributed by atoms with E-state index in [1.165, 1.54) is 0 Å². The molecule has 1 aromatic heterocycles. The van der Waals surface area contributed by atoms with E-state index in [0.29, 0.717) is 19.5 Å². The van der Waals surface area contributed by atoms with Gasteiger partial charge < -0.3 is 14.4 Å². The summed E-state index contributed by atoms with van der Waals surface area (Å²) in [7, 11) is 3.41. The van der Waals surface area contributed by atoms with Crippen LogP contribution in [0.15, 0.2) is 30.5 Å². The summed E-state index contributed by atoms with van der Waals surface area (Å²) >= 11 is 2.28. The van der Waals surface area contributed by atoms with Gasteiger partial charge in [-0.25, -0.2) is 4.79 Å². The Morgan fingerprint density at radius 3 is 2.50 bits per heavy atom. The van der Waals surface area contributed by atoms with Crippen molar-refractivity contribution in [2.45, 2.75) is 39.3 Å². The van der Waals surface area contributed by atoms with Crippen molar-refractivity contribution in [2.75, 3.05) is 20.7 Å². The number of hydrogen-bond acceptors (Lipinski definition) is 4. The zero-order valence-electron chi connectivity index (χ0n) is 16.0. The van der Waals surface area contributed by atoms with Crippen LogP contribution in [0.3, 0.4) is 0 Å². The van der Waals surface area contributed by atoms with E-state index in [4.69, 9.17) is 9.47 Å². The summed E-state index contributed by atoms with van der Waals surface area (Å²) in [5, 5.41) is 4.48. The summed E-state index contributed by atoms with van der Waals surface area (Å²) in [5.74, 6) is 0.836. The maximum Gasteiger partial charge on any atom is 0.410 e. The standard InChI is InChI=1S/C19H26IN3O3/c1-19(2,3)26-18(24)22(4)11-10-17-16(20)12-21-23(17)13-14-6-8-15(25-5)9-7-14/h6-9,12H,10-11,13H2,1-5H3. The average Bonchev–Trinajstić information content (AvgIpc) is 2.91. The van der Waals surface area contributed by atoms with E-state index in [1.807, 2.05) is 55.9 Å². The summed E-state index contributed by atoms with van der Waals surface area (Å²) in [6, 6.07) is 7.95. The molecule has 0 aliphatic heterocycles. The number of hydrogen-bond donors (Lipinski definition) is 0. The Morgan fingerprint density at radius 1 is 1.27 bits per heavy atom. The highest BCUT2D eigenvalue weighted by molar-refractivity contribution is 14.1. The van der Waals surface area contributed by atoms with Gasteiger partial charge >= 0.3 is 6.09 Å². The largest absolute Gasteiger partial charge is 0.497 e. The Bertz CT molecular complexity index is 735. The van der Waals surface area contributed by atoms with Gasteiger partial charge in [0.2, 0.25) is 0 Å². The summed E-state index contributed by atoms with van der Waals surface area (Å²) in [6.45, 7) is 6.85. The van der Waals surface area contributed by atoms with Crippen molar-refractivity contribution in [3.8, 4) is 5.75 Å². The van der Waals surface area contributed by atoms with Crippen LogP contribution in [0.25, 0.3) is 0 Å². The monoisotopic (exact) mass is 471 g/mol. The first-order valence-electron chi connectivity index (χ1n) is 8.47. The number of amides is 1. The SMILES string of the molecule is COc1ccc(Cn2ncc(I)c2CCN(C)C(=O)OC(C)(C)C)cc1. The smallest absolute Gasteiger partial charge is 0.410 e. The molecule has 1 aromatic carbocycles. The average molecular weight is 471 g/mol. The third-order valence-corrected chi connectivity index (χ3v) is 4.68. The normalized spacial score (nSPS) is 11.3. The van der Waals surface area contributed by atoms with Crippen molar-refractivity contribution < 1.29 is 14.3 Å². The lowest BCUT2D eigenvalue weighted by Gasteiger charge is -2.24. The van der Waals surface area contributed by atoms with Crippen molar-refractivity contribution in [1.82, 2.24) is 14.7 Å². The zero-order chi connectivity index (χ0) is 19.3. The number of likely N-dealkylation sites (N-methyl/N-ethyl adjacent to an activating group) is 1. The van der Waals surface area contributed by atoms with Gasteiger partial charge in [-0.1, -0.05) is 12.1 Å². The number of aromatic nitrogens is 2. The third kappa shape index (κ3) is 5.89. The van der Waals surface area contributed by atoms with Gasteiger partial charge in [-0.05, 0) is 61.1 Å². The quantitative estimate of drug-likeness (QED) is 0.599. The maximum atomic E-state index is 12.1. The highest BCUT2D eigenvalue weighted by atomic mass is 127. The van der Waals surface area contributed by atoms with Crippen LogP contribution in [0.2, 0.25) is 0 Å². The van der Waals surface area contributed by atoms with Crippen LogP contribution < -0.4 is 4.74 Å². The molecule has 26 heavy (non-hydrogen) atoms. The van der Waals surface area contributed by atoms with Gasteiger partial charge in [-0.3, -0.25) is 4.68 Å². The van der Waals surface area contributed by atoms with Crippen LogP contribution >= 0.6 is 22.6 Å². The number of carbonyl (C=O) groups is 1. The number of halogens is 1. The molecule has 0 aliphatic carbocycles. The Balaban J connectivity index is 2.01. The first-order chi connectivity index (χ1) is 12.2. The Labute approximate surface area is 168 Å². The molecule has 1 amide bonds. The molecule has 6 nitrogen and oxygen atoms in total. The number of carbonyl (C=O) groups excluding carboxylic acids is 1. The minimum atomic E-state index is -0.490. The summed E-state index contributed by atoms with van der Waals surface area (Å²) in [4.78, 5) is 13.7. The predicted octanol–water partition coefficient (Wildman–Crippen LogP) is 3.95. The zero-order valence-corrected chi connectivity index (χ0v) is 18.1. The van der Waals surface area contributed by atoms with Gasteiger partial charge in [0.1, 0.15) is 11.4 Å². The molecule has 0 saturated carbocycles. The molecule has 0 unspecified atom stereocenters. The summed E-state index contributed by atoms with van der Waals surface area (Å²) in [6.07, 6.45) is 2.26. The molecule has 0 aliphatic rings. The molecule has 142 valence electrons. The van der Waals surface area contributed by atoms with E-state index in [1.54, 1.807) is 19.1 Å². The number of nitrogens with zero attached hydrogens (tertiary/aromatic N) is 3. The molecule has 2 aromatic rings. The Hall–Kier alpha value is -1.77. The van der Waals surface area contributed by atoms with Crippen molar-refractivity contribution in [2.24, 2.45) is 0 Å². The molecule has 1 heterocycles. The first kappa shape index (κ1) is 20.5. The van der Waals surface area contributed by atoms with E-state index in [9.17, 15) is 4.79 Å². The molecule has 0 saturated heterocycles. The Kier molecular flexibility index (Phi) is 6.91. The van der Waals surface area contributed by atoms with Gasteiger partial charge in [-0.2, -0.15) is 5.10 Å². The Morgan fingerprint density at radius 2 is 1.92 bits per heavy atom. The summed E-state index contributed by atoms with van der Waals surface area (Å²) in [5.41, 5.74) is 1.76. The summed E-state index contributed by atoms with van der Waals surface area (Å²) < 4.78 is 13.7. The van der Waals surface area contributed by atoms with Crippen molar-refractivity contribution >= 4 is 28.7 Å². The number of methoxy groups -OCH3 is 1. The molecule has 0 spiro atoms. The molecule has 0 atom stereocenters. The number of rotatable bonds is 6. The highest BCUT2D eigenvalue weighted by Gasteiger charge is 2.20. The van der Waals surface area contributed by atoms with Crippen molar-refractivity contribution in [1.29, 1.82) is 0 Å². The minimum absolute atomic E-state index is 0.311. The van der Waals surface area contributed by atoms with Crippen LogP contribution in [0.5, 0.6) is 5.75 Å².